The fourth-order valence-electron chi connectivity index (χ4n) is 2.62. The molecule has 0 atom stereocenters. The zero-order chi connectivity index (χ0) is 17.1. The van der Waals surface area contributed by atoms with Gasteiger partial charge < -0.3 is 14.4 Å². The van der Waals surface area contributed by atoms with Gasteiger partial charge in [0.05, 0.1) is 18.6 Å². The number of para-hydroxylation sites is 1. The van der Waals surface area contributed by atoms with Crippen molar-refractivity contribution in [2.45, 2.75) is 13.1 Å². The van der Waals surface area contributed by atoms with E-state index in [0.717, 1.165) is 11.3 Å². The Balaban J connectivity index is 1.85. The monoisotopic (exact) mass is 328 g/mol. The van der Waals surface area contributed by atoms with Gasteiger partial charge in [0.1, 0.15) is 5.75 Å². The molecular formula is C17H16N2O5. The smallest absolute Gasteiger partial charge is 0.311 e. The summed E-state index contributed by atoms with van der Waals surface area (Å²) in [7, 11) is 1.59. The molecule has 1 amide bonds. The van der Waals surface area contributed by atoms with E-state index in [-0.39, 0.29) is 30.5 Å². The Morgan fingerprint density at radius 2 is 2.00 bits per heavy atom. The topological polar surface area (TPSA) is 81.9 Å². The zero-order valence-electron chi connectivity index (χ0n) is 13.1. The number of benzene rings is 2. The molecule has 124 valence electrons. The lowest BCUT2D eigenvalue weighted by atomic mass is 10.1. The number of methoxy groups -OCH3 is 1. The number of hydrogen-bond donors (Lipinski definition) is 0. The lowest BCUT2D eigenvalue weighted by Gasteiger charge is -2.20. The Hall–Kier alpha value is -3.09. The van der Waals surface area contributed by atoms with Crippen molar-refractivity contribution in [1.82, 2.24) is 4.90 Å². The Kier molecular flexibility index (Phi) is 4.33. The van der Waals surface area contributed by atoms with Gasteiger partial charge in [0, 0.05) is 18.2 Å². The van der Waals surface area contributed by atoms with Crippen molar-refractivity contribution in [3.63, 3.8) is 0 Å². The minimum Gasteiger partial charge on any atom is -0.497 e. The van der Waals surface area contributed by atoms with Crippen LogP contribution in [0.1, 0.15) is 11.1 Å². The van der Waals surface area contributed by atoms with Gasteiger partial charge in [0.2, 0.25) is 5.75 Å². The fourth-order valence-corrected chi connectivity index (χ4v) is 2.62. The Morgan fingerprint density at radius 1 is 1.25 bits per heavy atom. The minimum absolute atomic E-state index is 0.119. The second-order valence-electron chi connectivity index (χ2n) is 5.41. The summed E-state index contributed by atoms with van der Waals surface area (Å²) in [6.07, 6.45) is 0. The molecule has 0 unspecified atom stereocenters. The highest BCUT2D eigenvalue weighted by atomic mass is 16.6. The normalized spacial score (nSPS) is 13.7. The van der Waals surface area contributed by atoms with E-state index >= 15 is 0 Å². The third-order valence-corrected chi connectivity index (χ3v) is 3.86. The van der Waals surface area contributed by atoms with Crippen LogP contribution in [0.15, 0.2) is 42.5 Å². The maximum Gasteiger partial charge on any atom is 0.311 e. The van der Waals surface area contributed by atoms with Crippen LogP contribution >= 0.6 is 0 Å². The van der Waals surface area contributed by atoms with Crippen molar-refractivity contribution >= 4 is 11.6 Å². The molecule has 0 fully saturated rings. The van der Waals surface area contributed by atoms with E-state index < -0.39 is 4.92 Å². The van der Waals surface area contributed by atoms with Crippen molar-refractivity contribution in [3.05, 3.63) is 63.7 Å². The second kappa shape index (κ2) is 6.57. The first-order valence-electron chi connectivity index (χ1n) is 7.38. The first-order chi connectivity index (χ1) is 11.6. The summed E-state index contributed by atoms with van der Waals surface area (Å²) in [6, 6.07) is 12.1. The molecule has 0 bridgehead atoms. The van der Waals surface area contributed by atoms with Crippen molar-refractivity contribution in [1.29, 1.82) is 0 Å². The van der Waals surface area contributed by atoms with Crippen LogP contribution in [-0.4, -0.2) is 29.4 Å². The lowest BCUT2D eigenvalue weighted by molar-refractivity contribution is -0.385. The lowest BCUT2D eigenvalue weighted by Crippen LogP contribution is -2.31. The number of rotatable bonds is 4. The van der Waals surface area contributed by atoms with E-state index in [4.69, 9.17) is 9.47 Å². The average molecular weight is 328 g/mol. The highest BCUT2D eigenvalue weighted by Gasteiger charge is 2.27. The summed E-state index contributed by atoms with van der Waals surface area (Å²) < 4.78 is 10.5. The van der Waals surface area contributed by atoms with Crippen LogP contribution in [0, 0.1) is 10.1 Å². The molecule has 0 radical (unpaired) electrons. The molecule has 2 aromatic carbocycles. The molecule has 1 aliphatic heterocycles. The van der Waals surface area contributed by atoms with Crippen molar-refractivity contribution in [2.75, 3.05) is 13.7 Å². The molecule has 7 nitrogen and oxygen atoms in total. The van der Waals surface area contributed by atoms with Gasteiger partial charge >= 0.3 is 5.69 Å². The summed E-state index contributed by atoms with van der Waals surface area (Å²) in [5.74, 6) is 0.703. The van der Waals surface area contributed by atoms with Crippen molar-refractivity contribution in [3.8, 4) is 11.5 Å². The molecule has 0 saturated heterocycles. The van der Waals surface area contributed by atoms with Crippen molar-refractivity contribution < 1.29 is 19.2 Å². The van der Waals surface area contributed by atoms with Crippen LogP contribution in [-0.2, 0) is 17.9 Å². The number of nitro benzene ring substituents is 1. The second-order valence-corrected chi connectivity index (χ2v) is 5.41. The van der Waals surface area contributed by atoms with Crippen LogP contribution in [0.2, 0.25) is 0 Å². The van der Waals surface area contributed by atoms with Crippen LogP contribution < -0.4 is 9.47 Å². The molecule has 0 aliphatic carbocycles. The van der Waals surface area contributed by atoms with Crippen LogP contribution in [0.4, 0.5) is 5.69 Å². The number of hydrogen-bond acceptors (Lipinski definition) is 5. The van der Waals surface area contributed by atoms with Crippen LogP contribution in [0.3, 0.4) is 0 Å². The fraction of sp³-hybridized carbons (Fsp3) is 0.235. The molecule has 1 heterocycles. The molecule has 0 N–H and O–H groups in total. The largest absolute Gasteiger partial charge is 0.497 e. The van der Waals surface area contributed by atoms with Gasteiger partial charge in [-0.15, -0.1) is 0 Å². The highest BCUT2D eigenvalue weighted by molar-refractivity contribution is 5.79. The third kappa shape index (κ3) is 3.15. The number of nitro groups is 1. The molecule has 0 saturated carbocycles. The van der Waals surface area contributed by atoms with E-state index in [0.29, 0.717) is 12.1 Å². The Morgan fingerprint density at radius 3 is 2.67 bits per heavy atom. The minimum atomic E-state index is -0.498. The van der Waals surface area contributed by atoms with Gasteiger partial charge in [0.25, 0.3) is 5.91 Å². The van der Waals surface area contributed by atoms with E-state index in [9.17, 15) is 14.9 Å². The van der Waals surface area contributed by atoms with E-state index in [2.05, 4.69) is 0 Å². The van der Waals surface area contributed by atoms with Gasteiger partial charge in [-0.25, -0.2) is 0 Å². The summed E-state index contributed by atoms with van der Waals surface area (Å²) in [5.41, 5.74) is 1.45. The number of amides is 1. The first-order valence-corrected chi connectivity index (χ1v) is 7.38. The summed E-state index contributed by atoms with van der Waals surface area (Å²) in [4.78, 5) is 24.5. The number of fused-ring (bicyclic) bond motifs is 1. The predicted octanol–water partition coefficient (Wildman–Crippen LogP) is 2.52. The molecule has 1 aliphatic rings. The Bertz CT molecular complexity index is 773. The molecule has 3 rings (SSSR count). The molecular weight excluding hydrogens is 312 g/mol. The van der Waals surface area contributed by atoms with Gasteiger partial charge in [0.15, 0.2) is 6.61 Å². The Labute approximate surface area is 138 Å². The average Bonchev–Trinajstić information content (AvgIpc) is 2.74. The molecule has 7 heteroatoms. The SMILES string of the molecule is COc1ccc(CN2Cc3cccc([N+](=O)[O-])c3OCC2=O)cc1. The summed E-state index contributed by atoms with van der Waals surface area (Å²) in [5, 5.41) is 11.1. The summed E-state index contributed by atoms with van der Waals surface area (Å²) >= 11 is 0. The predicted molar refractivity (Wildman–Crippen MR) is 85.8 cm³/mol. The van der Waals surface area contributed by atoms with E-state index in [1.807, 2.05) is 24.3 Å². The molecule has 2 aromatic rings. The molecule has 0 aromatic heterocycles. The maximum absolute atomic E-state index is 12.3. The standard InChI is InChI=1S/C17H16N2O5/c1-23-14-7-5-12(6-8-14)9-18-10-13-3-2-4-15(19(21)22)17(13)24-11-16(18)20/h2-8H,9-11H2,1H3. The quantitative estimate of drug-likeness (QED) is 0.636. The van der Waals surface area contributed by atoms with E-state index in [1.54, 1.807) is 24.1 Å². The number of nitrogens with zero attached hydrogens (tertiary/aromatic N) is 2. The van der Waals surface area contributed by atoms with Crippen LogP contribution in [0.25, 0.3) is 0 Å². The number of ether oxygens (including phenoxy) is 2. The maximum atomic E-state index is 12.3. The van der Waals surface area contributed by atoms with Gasteiger partial charge in [-0.2, -0.15) is 0 Å². The van der Waals surface area contributed by atoms with Gasteiger partial charge in [-0.05, 0) is 17.7 Å². The first kappa shape index (κ1) is 15.8. The van der Waals surface area contributed by atoms with Gasteiger partial charge in [-0.1, -0.05) is 24.3 Å². The molecule has 0 spiro atoms. The van der Waals surface area contributed by atoms with Gasteiger partial charge in [-0.3, -0.25) is 14.9 Å². The number of carbonyl (C=O) groups excluding carboxylic acids is 1. The number of carbonyl (C=O) groups is 1. The van der Waals surface area contributed by atoms with Crippen LogP contribution in [0.5, 0.6) is 11.5 Å². The molecule has 24 heavy (non-hydrogen) atoms. The zero-order valence-corrected chi connectivity index (χ0v) is 13.1. The third-order valence-electron chi connectivity index (χ3n) is 3.86. The van der Waals surface area contributed by atoms with E-state index in [1.165, 1.54) is 6.07 Å². The highest BCUT2D eigenvalue weighted by Crippen LogP contribution is 2.33. The summed E-state index contributed by atoms with van der Waals surface area (Å²) in [6.45, 7) is 0.449. The van der Waals surface area contributed by atoms with Crippen molar-refractivity contribution in [2.24, 2.45) is 0 Å².